The van der Waals surface area contributed by atoms with Crippen molar-refractivity contribution in [1.29, 1.82) is 0 Å². The van der Waals surface area contributed by atoms with E-state index in [1.54, 1.807) is 51.7 Å². The molecule has 2 radical (unpaired) electrons. The number of sulfone groups is 1. The molecule has 1 aromatic heterocycles. The van der Waals surface area contributed by atoms with Gasteiger partial charge in [-0.25, -0.2) is 17.6 Å². The maximum absolute atomic E-state index is 13.3. The van der Waals surface area contributed by atoms with Gasteiger partial charge in [-0.15, -0.1) is 0 Å². The third-order valence-electron chi connectivity index (χ3n) is 3.49. The second-order valence-electron chi connectivity index (χ2n) is 5.86. The predicted octanol–water partition coefficient (Wildman–Crippen LogP) is 2.27. The van der Waals surface area contributed by atoms with Gasteiger partial charge in [0, 0.05) is 6.26 Å². The van der Waals surface area contributed by atoms with Crippen LogP contribution in [-0.4, -0.2) is 32.6 Å². The van der Waals surface area contributed by atoms with E-state index >= 15 is 0 Å². The average Bonchev–Trinajstić information content (AvgIpc) is 2.80. The van der Waals surface area contributed by atoms with E-state index in [4.69, 9.17) is 17.0 Å². The summed E-state index contributed by atoms with van der Waals surface area (Å²) in [6, 6.07) is 11.4. The van der Waals surface area contributed by atoms with E-state index in [9.17, 15) is 17.6 Å². The van der Waals surface area contributed by atoms with E-state index in [-0.39, 0.29) is 11.3 Å². The molecule has 2 atom stereocenters. The minimum Gasteiger partial charge on any atom is -0.465 e. The Kier molecular flexibility index (Phi) is 4.71. The summed E-state index contributed by atoms with van der Waals surface area (Å²) in [7, 11) is 3.44. The quantitative estimate of drug-likeness (QED) is 0.491. The highest BCUT2D eigenvalue weighted by Gasteiger charge is 2.17. The molecule has 134 valence electrons. The van der Waals surface area contributed by atoms with Crippen molar-refractivity contribution in [2.45, 2.75) is 11.4 Å². The van der Waals surface area contributed by atoms with Crippen molar-refractivity contribution in [2.24, 2.45) is 0 Å². The number of nitrogens with zero attached hydrogens (tertiary/aromatic N) is 1. The third kappa shape index (κ3) is 4.34. The number of halogens is 1. The smallest absolute Gasteiger partial charge is 0.420 e. The zero-order valence-corrected chi connectivity index (χ0v) is 15.6. The molecule has 0 aliphatic rings. The van der Waals surface area contributed by atoms with Crippen molar-refractivity contribution in [3.8, 4) is 16.9 Å². The van der Waals surface area contributed by atoms with Crippen molar-refractivity contribution in [1.82, 2.24) is 4.57 Å². The summed E-state index contributed by atoms with van der Waals surface area (Å²) in [6.45, 7) is 0. The summed E-state index contributed by atoms with van der Waals surface area (Å²) < 4.78 is 47.4. The van der Waals surface area contributed by atoms with E-state index in [0.29, 0.717) is 5.52 Å². The fourth-order valence-electron chi connectivity index (χ4n) is 2.49. The van der Waals surface area contributed by atoms with Gasteiger partial charge in [0.15, 0.2) is 23.3 Å². The second kappa shape index (κ2) is 6.56. The number of oxazole rings is 1. The minimum absolute atomic E-state index is 0.243. The normalized spacial score (nSPS) is 14.3. The SMILES string of the molecule is [B]C(F)(P)Oc1ccc(-c2ccc3oc(=O)n(CS(C)(=O)=O)c3c2)cc1. The van der Waals surface area contributed by atoms with Crippen LogP contribution < -0.4 is 10.5 Å². The number of ether oxygens (including phenoxy) is 1. The van der Waals surface area contributed by atoms with E-state index in [1.165, 1.54) is 0 Å². The summed E-state index contributed by atoms with van der Waals surface area (Å²) in [5.41, 5.74) is -0.233. The summed E-state index contributed by atoms with van der Waals surface area (Å²) in [5, 5.41) is 0. The largest absolute Gasteiger partial charge is 0.465 e. The monoisotopic (exact) mass is 393 g/mol. The molecular formula is C16H14BFNO5PS. The van der Waals surface area contributed by atoms with Gasteiger partial charge in [-0.2, -0.15) is 0 Å². The number of alkyl halides is 1. The molecule has 0 aliphatic heterocycles. The molecule has 10 heteroatoms. The van der Waals surface area contributed by atoms with Crippen LogP contribution >= 0.6 is 9.24 Å². The van der Waals surface area contributed by atoms with Crippen molar-refractivity contribution in [3.05, 3.63) is 53.0 Å². The molecule has 0 spiro atoms. The van der Waals surface area contributed by atoms with Gasteiger partial charge < -0.3 is 9.15 Å². The first kappa shape index (κ1) is 18.7. The maximum atomic E-state index is 13.3. The second-order valence-corrected chi connectivity index (χ2v) is 8.75. The summed E-state index contributed by atoms with van der Waals surface area (Å²) in [4.78, 5) is 11.9. The van der Waals surface area contributed by atoms with Gasteiger partial charge in [0.2, 0.25) is 5.50 Å². The minimum atomic E-state index is -3.42. The number of rotatable bonds is 5. The van der Waals surface area contributed by atoms with Crippen LogP contribution in [0.15, 0.2) is 51.7 Å². The summed E-state index contributed by atoms with van der Waals surface area (Å²) in [5.74, 6) is -0.973. The molecule has 0 amide bonds. The molecule has 0 saturated carbocycles. The van der Waals surface area contributed by atoms with Gasteiger partial charge >= 0.3 is 5.76 Å². The van der Waals surface area contributed by atoms with Crippen LogP contribution in [-0.2, 0) is 15.7 Å². The third-order valence-corrected chi connectivity index (χ3v) is 4.34. The lowest BCUT2D eigenvalue weighted by Crippen LogP contribution is -2.21. The van der Waals surface area contributed by atoms with Crippen LogP contribution in [0.1, 0.15) is 0 Å². The number of fused-ring (bicyclic) bond motifs is 1. The average molecular weight is 393 g/mol. The highest BCUT2D eigenvalue weighted by Crippen LogP contribution is 2.28. The Morgan fingerprint density at radius 1 is 1.23 bits per heavy atom. The molecule has 1 heterocycles. The number of hydrogen-bond donors (Lipinski definition) is 0. The first-order valence-electron chi connectivity index (χ1n) is 7.39. The fourth-order valence-corrected chi connectivity index (χ4v) is 3.34. The van der Waals surface area contributed by atoms with Crippen molar-refractivity contribution >= 4 is 38.0 Å². The highest BCUT2D eigenvalue weighted by atomic mass is 32.2. The zero-order valence-electron chi connectivity index (χ0n) is 13.7. The van der Waals surface area contributed by atoms with Gasteiger partial charge in [0.25, 0.3) is 0 Å². The lowest BCUT2D eigenvalue weighted by molar-refractivity contribution is 0.110. The van der Waals surface area contributed by atoms with Gasteiger partial charge in [-0.3, -0.25) is 4.57 Å². The van der Waals surface area contributed by atoms with Gasteiger partial charge in [0.05, 0.1) is 5.52 Å². The molecular weight excluding hydrogens is 379 g/mol. The van der Waals surface area contributed by atoms with Crippen LogP contribution in [0.5, 0.6) is 5.75 Å². The Labute approximate surface area is 152 Å². The predicted molar refractivity (Wildman–Crippen MR) is 101 cm³/mol. The molecule has 0 saturated heterocycles. The Morgan fingerprint density at radius 2 is 1.85 bits per heavy atom. The van der Waals surface area contributed by atoms with Crippen LogP contribution in [0.4, 0.5) is 4.39 Å². The fraction of sp³-hybridized carbons (Fsp3) is 0.188. The van der Waals surface area contributed by atoms with E-state index in [1.807, 2.05) is 0 Å². The first-order valence-corrected chi connectivity index (χ1v) is 10.0. The molecule has 3 aromatic rings. The van der Waals surface area contributed by atoms with Crippen molar-refractivity contribution in [2.75, 3.05) is 6.26 Å². The number of aromatic nitrogens is 1. The molecule has 26 heavy (non-hydrogen) atoms. The lowest BCUT2D eigenvalue weighted by Gasteiger charge is -2.17. The lowest BCUT2D eigenvalue weighted by atomic mass is 10.1. The molecule has 6 nitrogen and oxygen atoms in total. The Hall–Kier alpha value is -2.12. The van der Waals surface area contributed by atoms with Crippen molar-refractivity contribution in [3.63, 3.8) is 0 Å². The topological polar surface area (TPSA) is 78.5 Å². The van der Waals surface area contributed by atoms with E-state index in [2.05, 4.69) is 0 Å². The van der Waals surface area contributed by atoms with Gasteiger partial charge in [0.1, 0.15) is 11.6 Å². The van der Waals surface area contributed by atoms with Gasteiger partial charge in [-0.1, -0.05) is 27.4 Å². The molecule has 0 N–H and O–H groups in total. The molecule has 3 rings (SSSR count). The highest BCUT2D eigenvalue weighted by molar-refractivity contribution is 7.89. The molecule has 0 aliphatic carbocycles. The first-order chi connectivity index (χ1) is 12.0. The Balaban J connectivity index is 2.01. The number of hydrogen-bond acceptors (Lipinski definition) is 5. The Morgan fingerprint density at radius 3 is 2.42 bits per heavy atom. The standard InChI is InChI=1S/C16H14BFNO5PS/c1-26(21,22)9-19-13-8-11(4-7-14(13)23-15(19)20)10-2-5-12(6-3-10)24-16(17,18)25/h2-8H,9,25H2,1H3. The van der Waals surface area contributed by atoms with Gasteiger partial charge in [-0.05, 0) is 35.4 Å². The molecule has 2 unspecified atom stereocenters. The van der Waals surface area contributed by atoms with Crippen LogP contribution in [0.3, 0.4) is 0 Å². The summed E-state index contributed by atoms with van der Waals surface area (Å²) >= 11 is 0. The van der Waals surface area contributed by atoms with Crippen LogP contribution in [0.25, 0.3) is 22.2 Å². The molecule has 2 aromatic carbocycles. The van der Waals surface area contributed by atoms with Crippen LogP contribution in [0, 0.1) is 0 Å². The summed E-state index contributed by atoms with van der Waals surface area (Å²) in [6.07, 6.45) is 1.04. The van der Waals surface area contributed by atoms with E-state index in [0.717, 1.165) is 21.9 Å². The molecule has 0 fully saturated rings. The molecule has 0 bridgehead atoms. The van der Waals surface area contributed by atoms with Crippen LogP contribution in [0.2, 0.25) is 0 Å². The number of benzene rings is 2. The maximum Gasteiger partial charge on any atom is 0.420 e. The van der Waals surface area contributed by atoms with E-state index < -0.39 is 27.0 Å². The van der Waals surface area contributed by atoms with Crippen molar-refractivity contribution < 1.29 is 22.0 Å². The Bertz CT molecular complexity index is 1120. The zero-order chi connectivity index (χ0) is 19.1.